The molecular weight excluding hydrogens is 420 g/mol. The molecule has 0 atom stereocenters. The molecule has 3 rings (SSSR count). The molecule has 3 aromatic rings. The Morgan fingerprint density at radius 1 is 0.970 bits per heavy atom. The van der Waals surface area contributed by atoms with Gasteiger partial charge in [-0.15, -0.1) is 0 Å². The molecule has 1 aromatic heterocycles. The molecule has 0 aliphatic rings. The van der Waals surface area contributed by atoms with Gasteiger partial charge in [0, 0.05) is 37.3 Å². The van der Waals surface area contributed by atoms with Crippen molar-refractivity contribution in [2.45, 2.75) is 25.8 Å². The van der Waals surface area contributed by atoms with Crippen LogP contribution in [0, 0.1) is 11.3 Å². The molecule has 8 heteroatoms. The minimum absolute atomic E-state index is 0.0314. The van der Waals surface area contributed by atoms with E-state index in [9.17, 15) is 14.4 Å². The summed E-state index contributed by atoms with van der Waals surface area (Å²) in [6, 6.07) is 21.4. The van der Waals surface area contributed by atoms with Gasteiger partial charge in [0.2, 0.25) is 11.8 Å². The largest absolute Gasteiger partial charge is 0.459 e. The average Bonchev–Trinajstić information content (AvgIpc) is 3.38. The molecule has 33 heavy (non-hydrogen) atoms. The highest BCUT2D eigenvalue weighted by Gasteiger charge is 2.16. The number of hydrogen-bond donors (Lipinski definition) is 2. The maximum absolute atomic E-state index is 12.7. The maximum Gasteiger partial charge on any atom is 0.291 e. The molecule has 0 spiro atoms. The predicted molar refractivity (Wildman–Crippen MR) is 123 cm³/mol. The quantitative estimate of drug-likeness (QED) is 0.492. The van der Waals surface area contributed by atoms with Crippen LogP contribution >= 0.6 is 0 Å². The Labute approximate surface area is 191 Å². The summed E-state index contributed by atoms with van der Waals surface area (Å²) in [5.74, 6) is -0.632. The smallest absolute Gasteiger partial charge is 0.291 e. The van der Waals surface area contributed by atoms with E-state index in [1.54, 1.807) is 42.5 Å². The summed E-state index contributed by atoms with van der Waals surface area (Å²) in [6.45, 7) is 0.534. The number of rotatable bonds is 10. The van der Waals surface area contributed by atoms with E-state index < -0.39 is 0 Å². The molecule has 0 radical (unpaired) electrons. The van der Waals surface area contributed by atoms with Gasteiger partial charge in [0.25, 0.3) is 5.91 Å². The fraction of sp³-hybridized carbons (Fsp3) is 0.200. The molecule has 0 fully saturated rings. The summed E-state index contributed by atoms with van der Waals surface area (Å²) in [6.07, 6.45) is 1.70. The molecule has 0 bridgehead atoms. The van der Waals surface area contributed by atoms with Crippen molar-refractivity contribution in [1.29, 1.82) is 5.26 Å². The summed E-state index contributed by atoms with van der Waals surface area (Å²) < 4.78 is 5.07. The van der Waals surface area contributed by atoms with Gasteiger partial charge < -0.3 is 20.0 Å². The highest BCUT2D eigenvalue weighted by atomic mass is 16.3. The van der Waals surface area contributed by atoms with Crippen LogP contribution in [0.5, 0.6) is 0 Å². The number of nitrogens with one attached hydrogen (secondary N) is 2. The highest BCUT2D eigenvalue weighted by Crippen LogP contribution is 2.16. The third-order valence-corrected chi connectivity index (χ3v) is 4.80. The van der Waals surface area contributed by atoms with Crippen molar-refractivity contribution in [2.24, 2.45) is 0 Å². The predicted octanol–water partition coefficient (Wildman–Crippen LogP) is 3.88. The van der Waals surface area contributed by atoms with Crippen LogP contribution in [0.4, 0.5) is 11.4 Å². The van der Waals surface area contributed by atoms with Gasteiger partial charge in [-0.3, -0.25) is 14.4 Å². The van der Waals surface area contributed by atoms with E-state index in [1.807, 2.05) is 30.3 Å². The Kier molecular flexibility index (Phi) is 8.37. The van der Waals surface area contributed by atoms with Crippen LogP contribution in [-0.4, -0.2) is 24.3 Å². The lowest BCUT2D eigenvalue weighted by molar-refractivity contribution is -0.125. The van der Waals surface area contributed by atoms with E-state index in [2.05, 4.69) is 10.6 Å². The molecule has 0 unspecified atom stereocenters. The topological polar surface area (TPSA) is 115 Å². The Morgan fingerprint density at radius 3 is 2.52 bits per heavy atom. The lowest BCUT2D eigenvalue weighted by atomic mass is 10.2. The van der Waals surface area contributed by atoms with Gasteiger partial charge in [-0.1, -0.05) is 30.3 Å². The standard InChI is InChI=1S/C25H24N4O4/c26-14-6-15-29(21-9-2-1-3-10-21)24(31)13-12-23(30)27-18-19-7-4-8-20(17-19)28-25(32)22-11-5-16-33-22/h1-5,7-11,16-17H,6,12-13,15,18H2,(H,27,30)(H,28,32). The molecule has 0 saturated heterocycles. The third kappa shape index (κ3) is 7.08. The summed E-state index contributed by atoms with van der Waals surface area (Å²) in [7, 11) is 0. The molecule has 0 aliphatic carbocycles. The Morgan fingerprint density at radius 2 is 1.79 bits per heavy atom. The first-order valence-electron chi connectivity index (χ1n) is 10.5. The lowest BCUT2D eigenvalue weighted by Gasteiger charge is -2.21. The molecular formula is C25H24N4O4. The summed E-state index contributed by atoms with van der Waals surface area (Å²) in [4.78, 5) is 38.6. The third-order valence-electron chi connectivity index (χ3n) is 4.80. The van der Waals surface area contributed by atoms with Gasteiger partial charge in [-0.2, -0.15) is 5.26 Å². The second-order valence-corrected chi connectivity index (χ2v) is 7.20. The minimum atomic E-state index is -0.362. The minimum Gasteiger partial charge on any atom is -0.459 e. The zero-order valence-corrected chi connectivity index (χ0v) is 18.0. The zero-order valence-electron chi connectivity index (χ0n) is 18.0. The number of nitrogens with zero attached hydrogens (tertiary/aromatic N) is 2. The van der Waals surface area contributed by atoms with E-state index in [0.29, 0.717) is 11.4 Å². The van der Waals surface area contributed by atoms with E-state index >= 15 is 0 Å². The SMILES string of the molecule is N#CCCN(C(=O)CCC(=O)NCc1cccc(NC(=O)c2ccco2)c1)c1ccccc1. The van der Waals surface area contributed by atoms with Crippen LogP contribution in [-0.2, 0) is 16.1 Å². The zero-order chi connectivity index (χ0) is 23.5. The Hall–Kier alpha value is -4.38. The highest BCUT2D eigenvalue weighted by molar-refractivity contribution is 6.02. The van der Waals surface area contributed by atoms with Gasteiger partial charge in [0.1, 0.15) is 0 Å². The van der Waals surface area contributed by atoms with Crippen molar-refractivity contribution < 1.29 is 18.8 Å². The summed E-state index contributed by atoms with van der Waals surface area (Å²) >= 11 is 0. The number of hydrogen-bond acceptors (Lipinski definition) is 5. The van der Waals surface area contributed by atoms with Gasteiger partial charge in [0.15, 0.2) is 5.76 Å². The molecule has 2 aromatic carbocycles. The van der Waals surface area contributed by atoms with Crippen molar-refractivity contribution in [3.05, 3.63) is 84.3 Å². The van der Waals surface area contributed by atoms with E-state index in [4.69, 9.17) is 9.68 Å². The normalized spacial score (nSPS) is 10.2. The number of benzene rings is 2. The molecule has 3 amide bonds. The van der Waals surface area contributed by atoms with Gasteiger partial charge in [-0.25, -0.2) is 0 Å². The summed E-state index contributed by atoms with van der Waals surface area (Å²) in [5.41, 5.74) is 2.08. The number of para-hydroxylation sites is 1. The van der Waals surface area contributed by atoms with Crippen molar-refractivity contribution >= 4 is 29.1 Å². The molecule has 1 heterocycles. The monoisotopic (exact) mass is 444 g/mol. The Balaban J connectivity index is 1.49. The first kappa shape index (κ1) is 23.3. The van der Waals surface area contributed by atoms with Crippen LogP contribution < -0.4 is 15.5 Å². The van der Waals surface area contributed by atoms with Crippen LogP contribution in [0.25, 0.3) is 0 Å². The second-order valence-electron chi connectivity index (χ2n) is 7.20. The Bertz CT molecular complexity index is 1120. The molecule has 8 nitrogen and oxygen atoms in total. The molecule has 0 saturated carbocycles. The molecule has 2 N–H and O–H groups in total. The van der Waals surface area contributed by atoms with Crippen molar-refractivity contribution in [2.75, 3.05) is 16.8 Å². The van der Waals surface area contributed by atoms with E-state index in [-0.39, 0.29) is 55.8 Å². The second kappa shape index (κ2) is 11.9. The first-order chi connectivity index (χ1) is 16.1. The number of amides is 3. The average molecular weight is 444 g/mol. The fourth-order valence-corrected chi connectivity index (χ4v) is 3.17. The van der Waals surface area contributed by atoms with Crippen LogP contribution in [0.1, 0.15) is 35.4 Å². The summed E-state index contributed by atoms with van der Waals surface area (Å²) in [5, 5.41) is 14.4. The van der Waals surface area contributed by atoms with Gasteiger partial charge in [-0.05, 0) is 42.0 Å². The maximum atomic E-state index is 12.7. The van der Waals surface area contributed by atoms with Crippen molar-refractivity contribution in [1.82, 2.24) is 5.32 Å². The molecule has 0 aliphatic heterocycles. The van der Waals surface area contributed by atoms with E-state index in [0.717, 1.165) is 5.56 Å². The van der Waals surface area contributed by atoms with Gasteiger partial charge in [0.05, 0.1) is 18.8 Å². The number of furan rings is 1. The van der Waals surface area contributed by atoms with Crippen LogP contribution in [0.3, 0.4) is 0 Å². The lowest BCUT2D eigenvalue weighted by Crippen LogP contribution is -2.33. The molecule has 168 valence electrons. The van der Waals surface area contributed by atoms with E-state index in [1.165, 1.54) is 11.2 Å². The number of carbonyl (C=O) groups is 3. The van der Waals surface area contributed by atoms with Crippen LogP contribution in [0.15, 0.2) is 77.4 Å². The van der Waals surface area contributed by atoms with Crippen molar-refractivity contribution in [3.63, 3.8) is 0 Å². The first-order valence-corrected chi connectivity index (χ1v) is 10.5. The van der Waals surface area contributed by atoms with Crippen LogP contribution in [0.2, 0.25) is 0 Å². The fourth-order valence-electron chi connectivity index (χ4n) is 3.17. The number of nitriles is 1. The van der Waals surface area contributed by atoms with Gasteiger partial charge >= 0.3 is 0 Å². The number of anilines is 2. The van der Waals surface area contributed by atoms with Crippen molar-refractivity contribution in [3.8, 4) is 6.07 Å². The number of carbonyl (C=O) groups excluding carboxylic acids is 3.